The van der Waals surface area contributed by atoms with E-state index in [0.717, 1.165) is 36.6 Å². The molecule has 3 aliphatic rings. The molecule has 2 unspecified atom stereocenters. The molecule has 1 N–H and O–H groups in total. The highest BCUT2D eigenvalue weighted by atomic mass is 15.2. The van der Waals surface area contributed by atoms with Gasteiger partial charge in [-0.1, -0.05) is 26.7 Å². The summed E-state index contributed by atoms with van der Waals surface area (Å²) in [6.07, 6.45) is 14.6. The Morgan fingerprint density at radius 1 is 0.850 bits per heavy atom. The van der Waals surface area contributed by atoms with Gasteiger partial charge in [-0.2, -0.15) is 0 Å². The van der Waals surface area contributed by atoms with Crippen molar-refractivity contribution in [1.29, 1.82) is 0 Å². The van der Waals surface area contributed by atoms with Gasteiger partial charge < -0.3 is 5.32 Å². The second-order valence-electron chi connectivity index (χ2n) is 7.49. The number of rotatable bonds is 4. The van der Waals surface area contributed by atoms with E-state index in [9.17, 15) is 0 Å². The van der Waals surface area contributed by atoms with Crippen LogP contribution in [0.15, 0.2) is 0 Å². The fourth-order valence-electron chi connectivity index (χ4n) is 5.32. The SMILES string of the molecule is CCNC1CC2CCCC(C1)N2C1CCC(CC)CC1. The van der Waals surface area contributed by atoms with E-state index in [2.05, 4.69) is 24.1 Å². The van der Waals surface area contributed by atoms with Crippen molar-refractivity contribution in [3.8, 4) is 0 Å². The lowest BCUT2D eigenvalue weighted by Gasteiger charge is -2.53. The van der Waals surface area contributed by atoms with Gasteiger partial charge in [0.1, 0.15) is 0 Å². The van der Waals surface area contributed by atoms with Gasteiger partial charge in [-0.3, -0.25) is 4.90 Å². The highest BCUT2D eigenvalue weighted by Gasteiger charge is 2.41. The predicted molar refractivity (Wildman–Crippen MR) is 86.0 cm³/mol. The maximum absolute atomic E-state index is 3.73. The first kappa shape index (κ1) is 14.8. The summed E-state index contributed by atoms with van der Waals surface area (Å²) in [6, 6.07) is 3.53. The van der Waals surface area contributed by atoms with Crippen molar-refractivity contribution in [1.82, 2.24) is 10.2 Å². The molecule has 0 aromatic carbocycles. The van der Waals surface area contributed by atoms with Gasteiger partial charge in [-0.05, 0) is 63.8 Å². The molecule has 2 nitrogen and oxygen atoms in total. The smallest absolute Gasteiger partial charge is 0.0116 e. The van der Waals surface area contributed by atoms with Crippen LogP contribution in [-0.4, -0.2) is 35.6 Å². The molecule has 0 radical (unpaired) electrons. The van der Waals surface area contributed by atoms with Gasteiger partial charge in [0.05, 0.1) is 0 Å². The van der Waals surface area contributed by atoms with Crippen molar-refractivity contribution in [2.75, 3.05) is 6.54 Å². The fraction of sp³-hybridized carbons (Fsp3) is 1.00. The molecule has 2 heteroatoms. The fourth-order valence-corrected chi connectivity index (χ4v) is 5.32. The molecule has 20 heavy (non-hydrogen) atoms. The van der Waals surface area contributed by atoms with Crippen LogP contribution in [0, 0.1) is 5.92 Å². The van der Waals surface area contributed by atoms with Crippen molar-refractivity contribution < 1.29 is 0 Å². The summed E-state index contributed by atoms with van der Waals surface area (Å²) < 4.78 is 0. The Hall–Kier alpha value is -0.0800. The van der Waals surface area contributed by atoms with Crippen molar-refractivity contribution >= 4 is 0 Å². The Kier molecular flexibility index (Phi) is 5.04. The van der Waals surface area contributed by atoms with Crippen LogP contribution in [0.5, 0.6) is 0 Å². The van der Waals surface area contributed by atoms with Gasteiger partial charge in [-0.25, -0.2) is 0 Å². The molecule has 3 fully saturated rings. The first-order valence-electron chi connectivity index (χ1n) is 9.32. The van der Waals surface area contributed by atoms with Crippen LogP contribution >= 0.6 is 0 Å². The van der Waals surface area contributed by atoms with E-state index < -0.39 is 0 Å². The Balaban J connectivity index is 1.62. The minimum absolute atomic E-state index is 0.804. The monoisotopic (exact) mass is 278 g/mol. The third kappa shape index (κ3) is 3.06. The van der Waals surface area contributed by atoms with Gasteiger partial charge in [0, 0.05) is 24.2 Å². The first-order chi connectivity index (χ1) is 9.81. The van der Waals surface area contributed by atoms with E-state index >= 15 is 0 Å². The highest BCUT2D eigenvalue weighted by Crippen LogP contribution is 2.40. The summed E-state index contributed by atoms with van der Waals surface area (Å²) in [4.78, 5) is 3.00. The van der Waals surface area contributed by atoms with E-state index in [1.807, 2.05) is 0 Å². The number of hydrogen-bond acceptors (Lipinski definition) is 2. The third-order valence-electron chi connectivity index (χ3n) is 6.34. The summed E-state index contributed by atoms with van der Waals surface area (Å²) in [7, 11) is 0. The van der Waals surface area contributed by atoms with Gasteiger partial charge in [0.25, 0.3) is 0 Å². The molecule has 1 aliphatic carbocycles. The highest BCUT2D eigenvalue weighted by molar-refractivity contribution is 4.98. The summed E-state index contributed by atoms with van der Waals surface area (Å²) >= 11 is 0. The van der Waals surface area contributed by atoms with E-state index in [0.29, 0.717) is 0 Å². The lowest BCUT2D eigenvalue weighted by Crippen LogP contribution is -2.60. The zero-order chi connectivity index (χ0) is 13.9. The van der Waals surface area contributed by atoms with Crippen LogP contribution in [0.1, 0.15) is 78.1 Å². The standard InChI is InChI=1S/C18H34N2/c1-3-14-8-10-16(11-9-14)20-17-6-5-7-18(20)13-15(12-17)19-4-2/h14-19H,3-13H2,1-2H3. The number of nitrogens with zero attached hydrogens (tertiary/aromatic N) is 1. The Labute approximate surface area is 125 Å². The van der Waals surface area contributed by atoms with Crippen LogP contribution in [0.2, 0.25) is 0 Å². The molecule has 2 heterocycles. The minimum Gasteiger partial charge on any atom is -0.314 e. The predicted octanol–water partition coefficient (Wildman–Crippen LogP) is 3.95. The minimum atomic E-state index is 0.804. The number of piperidine rings is 2. The summed E-state index contributed by atoms with van der Waals surface area (Å²) in [5.41, 5.74) is 0. The maximum Gasteiger partial charge on any atom is 0.0116 e. The molecule has 2 saturated heterocycles. The molecule has 116 valence electrons. The molecule has 2 bridgehead atoms. The van der Waals surface area contributed by atoms with Gasteiger partial charge >= 0.3 is 0 Å². The van der Waals surface area contributed by atoms with Crippen molar-refractivity contribution in [2.45, 2.75) is 102 Å². The lowest BCUT2D eigenvalue weighted by atomic mass is 9.77. The van der Waals surface area contributed by atoms with Gasteiger partial charge in [0.15, 0.2) is 0 Å². The molecule has 2 atom stereocenters. The third-order valence-corrected chi connectivity index (χ3v) is 6.34. The second kappa shape index (κ2) is 6.79. The lowest BCUT2D eigenvalue weighted by molar-refractivity contribution is -0.0263. The molecule has 0 aromatic rings. The average Bonchev–Trinajstić information content (AvgIpc) is 2.47. The van der Waals surface area contributed by atoms with Crippen molar-refractivity contribution in [3.05, 3.63) is 0 Å². The van der Waals surface area contributed by atoms with Crippen LogP contribution in [-0.2, 0) is 0 Å². The molecule has 3 rings (SSSR count). The van der Waals surface area contributed by atoms with E-state index in [1.54, 1.807) is 0 Å². The topological polar surface area (TPSA) is 15.3 Å². The summed E-state index contributed by atoms with van der Waals surface area (Å²) in [5, 5.41) is 3.73. The average molecular weight is 278 g/mol. The molecule has 0 aromatic heterocycles. The second-order valence-corrected chi connectivity index (χ2v) is 7.49. The maximum atomic E-state index is 3.73. The first-order valence-corrected chi connectivity index (χ1v) is 9.32. The van der Waals surface area contributed by atoms with Crippen LogP contribution < -0.4 is 5.32 Å². The molecule has 0 amide bonds. The van der Waals surface area contributed by atoms with Gasteiger partial charge in [-0.15, -0.1) is 0 Å². The van der Waals surface area contributed by atoms with E-state index in [1.165, 1.54) is 64.2 Å². The zero-order valence-electron chi connectivity index (χ0n) is 13.6. The normalized spacial score (nSPS) is 42.6. The molecular formula is C18H34N2. The van der Waals surface area contributed by atoms with Crippen molar-refractivity contribution in [3.63, 3.8) is 0 Å². The zero-order valence-corrected chi connectivity index (χ0v) is 13.6. The quantitative estimate of drug-likeness (QED) is 0.837. The van der Waals surface area contributed by atoms with Crippen LogP contribution in [0.25, 0.3) is 0 Å². The van der Waals surface area contributed by atoms with E-state index in [4.69, 9.17) is 0 Å². The summed E-state index contributed by atoms with van der Waals surface area (Å²) in [5.74, 6) is 1.03. The van der Waals surface area contributed by atoms with Gasteiger partial charge in [0.2, 0.25) is 0 Å². The molecule has 1 saturated carbocycles. The number of hydrogen-bond donors (Lipinski definition) is 1. The Morgan fingerprint density at radius 2 is 1.50 bits per heavy atom. The Bertz CT molecular complexity index is 279. The Morgan fingerprint density at radius 3 is 2.05 bits per heavy atom. The number of nitrogens with one attached hydrogen (secondary N) is 1. The molecule has 2 aliphatic heterocycles. The van der Waals surface area contributed by atoms with Crippen molar-refractivity contribution in [2.24, 2.45) is 5.92 Å². The summed E-state index contributed by atoms with van der Waals surface area (Å²) in [6.45, 7) is 5.78. The molecular weight excluding hydrogens is 244 g/mol. The number of fused-ring (bicyclic) bond motifs is 2. The largest absolute Gasteiger partial charge is 0.314 e. The van der Waals surface area contributed by atoms with Crippen LogP contribution in [0.3, 0.4) is 0 Å². The van der Waals surface area contributed by atoms with E-state index in [-0.39, 0.29) is 0 Å². The van der Waals surface area contributed by atoms with Crippen LogP contribution in [0.4, 0.5) is 0 Å². The molecule has 0 spiro atoms.